The van der Waals surface area contributed by atoms with Crippen LogP contribution in [-0.2, 0) is 30.7 Å². The molecular weight excluding hydrogens is 306 g/mol. The second-order valence-electron chi connectivity index (χ2n) is 6.71. The number of carbonyl (C=O) groups is 1. The summed E-state index contributed by atoms with van der Waals surface area (Å²) in [7, 11) is 0. The molecule has 2 N–H and O–H groups in total. The van der Waals surface area contributed by atoms with Crippen molar-refractivity contribution < 1.29 is 4.79 Å². The number of tetrazole rings is 1. The number of fused-ring (bicyclic) bond motifs is 2. The number of aryl methyl sites for hydroxylation is 2. The highest BCUT2D eigenvalue weighted by Gasteiger charge is 2.28. The standard InChI is InChI=1S/C16H23N7O/c24-16(12-7-4-5-9-23-15(12)20-21-22-23)17-10-14-11-6-2-1-3-8-13(11)18-19-14/h12H,1-10H2,(H,17,24)(H,18,19)/t12-/m1/s1. The first kappa shape index (κ1) is 15.3. The van der Waals surface area contributed by atoms with Gasteiger partial charge in [-0.15, -0.1) is 5.10 Å². The largest absolute Gasteiger partial charge is 0.350 e. The van der Waals surface area contributed by atoms with Crippen molar-refractivity contribution in [2.24, 2.45) is 0 Å². The Labute approximate surface area is 140 Å². The van der Waals surface area contributed by atoms with Gasteiger partial charge in [0.25, 0.3) is 0 Å². The molecule has 0 aromatic carbocycles. The first-order valence-corrected chi connectivity index (χ1v) is 8.91. The van der Waals surface area contributed by atoms with Crippen LogP contribution in [0.1, 0.15) is 67.2 Å². The second kappa shape index (κ2) is 6.70. The summed E-state index contributed by atoms with van der Waals surface area (Å²) in [5.41, 5.74) is 3.53. The Morgan fingerprint density at radius 3 is 3.08 bits per heavy atom. The molecule has 0 spiro atoms. The lowest BCUT2D eigenvalue weighted by atomic mass is 10.0. The number of amides is 1. The van der Waals surface area contributed by atoms with E-state index in [-0.39, 0.29) is 11.8 Å². The average molecular weight is 329 g/mol. The zero-order valence-corrected chi connectivity index (χ0v) is 13.8. The van der Waals surface area contributed by atoms with Crippen LogP contribution < -0.4 is 5.32 Å². The fraction of sp³-hybridized carbons (Fsp3) is 0.688. The Kier molecular flexibility index (Phi) is 4.27. The van der Waals surface area contributed by atoms with E-state index >= 15 is 0 Å². The molecule has 1 amide bonds. The van der Waals surface area contributed by atoms with Gasteiger partial charge in [0, 0.05) is 12.2 Å². The van der Waals surface area contributed by atoms with E-state index in [1.807, 2.05) is 0 Å². The van der Waals surface area contributed by atoms with E-state index in [4.69, 9.17) is 0 Å². The third-order valence-electron chi connectivity index (χ3n) is 5.12. The van der Waals surface area contributed by atoms with Crippen LogP contribution in [0.5, 0.6) is 0 Å². The maximum absolute atomic E-state index is 12.7. The summed E-state index contributed by atoms with van der Waals surface area (Å²) in [5, 5.41) is 22.4. The lowest BCUT2D eigenvalue weighted by Gasteiger charge is -2.13. The van der Waals surface area contributed by atoms with Crippen molar-refractivity contribution in [3.63, 3.8) is 0 Å². The Balaban J connectivity index is 1.45. The predicted molar refractivity (Wildman–Crippen MR) is 86.1 cm³/mol. The van der Waals surface area contributed by atoms with Gasteiger partial charge in [0.2, 0.25) is 5.91 Å². The summed E-state index contributed by atoms with van der Waals surface area (Å²) in [6.45, 7) is 1.27. The van der Waals surface area contributed by atoms with E-state index in [1.165, 1.54) is 30.5 Å². The van der Waals surface area contributed by atoms with E-state index in [0.717, 1.165) is 44.3 Å². The Hall–Kier alpha value is -2.25. The van der Waals surface area contributed by atoms with Gasteiger partial charge in [0.15, 0.2) is 5.82 Å². The lowest BCUT2D eigenvalue weighted by Crippen LogP contribution is -2.30. The number of aromatic nitrogens is 6. The van der Waals surface area contributed by atoms with Crippen molar-refractivity contribution in [3.8, 4) is 0 Å². The Morgan fingerprint density at radius 2 is 2.12 bits per heavy atom. The van der Waals surface area contributed by atoms with Crippen molar-refractivity contribution in [1.82, 2.24) is 35.7 Å². The summed E-state index contributed by atoms with van der Waals surface area (Å²) in [5.74, 6) is 0.421. The van der Waals surface area contributed by atoms with E-state index in [9.17, 15) is 4.79 Å². The van der Waals surface area contributed by atoms with Gasteiger partial charge in [0.1, 0.15) is 0 Å². The molecule has 4 rings (SSSR count). The van der Waals surface area contributed by atoms with Gasteiger partial charge < -0.3 is 5.32 Å². The van der Waals surface area contributed by atoms with Crippen LogP contribution >= 0.6 is 0 Å². The van der Waals surface area contributed by atoms with E-state index in [2.05, 4.69) is 31.0 Å². The van der Waals surface area contributed by atoms with Crippen molar-refractivity contribution in [3.05, 3.63) is 22.8 Å². The molecule has 1 atom stereocenters. The van der Waals surface area contributed by atoms with Crippen LogP contribution in [0.15, 0.2) is 0 Å². The van der Waals surface area contributed by atoms with Gasteiger partial charge in [0.05, 0.1) is 18.2 Å². The molecule has 8 nitrogen and oxygen atoms in total. The second-order valence-corrected chi connectivity index (χ2v) is 6.71. The minimum absolute atomic E-state index is 0.00155. The highest BCUT2D eigenvalue weighted by Crippen LogP contribution is 2.25. The number of hydrogen-bond donors (Lipinski definition) is 2. The summed E-state index contributed by atoms with van der Waals surface area (Å²) < 4.78 is 1.76. The molecule has 8 heteroatoms. The maximum atomic E-state index is 12.7. The fourth-order valence-electron chi connectivity index (χ4n) is 3.77. The number of nitrogens with one attached hydrogen (secondary N) is 2. The molecule has 0 saturated heterocycles. The van der Waals surface area contributed by atoms with E-state index in [0.29, 0.717) is 12.4 Å². The SMILES string of the molecule is O=C(NCc1n[nH]c2c1CCCCC2)[C@@H]1CCCCn2nnnc21. The average Bonchev–Trinajstić information content (AvgIpc) is 3.06. The van der Waals surface area contributed by atoms with Crippen molar-refractivity contribution >= 4 is 5.91 Å². The van der Waals surface area contributed by atoms with E-state index in [1.54, 1.807) is 4.68 Å². The van der Waals surface area contributed by atoms with Gasteiger partial charge in [-0.1, -0.05) is 12.8 Å². The summed E-state index contributed by atoms with van der Waals surface area (Å²) in [4.78, 5) is 12.7. The van der Waals surface area contributed by atoms with Gasteiger partial charge >= 0.3 is 0 Å². The topological polar surface area (TPSA) is 101 Å². The number of carbonyl (C=O) groups excluding carboxylic acids is 1. The molecule has 2 aromatic rings. The molecular formula is C16H23N7O. The molecule has 128 valence electrons. The minimum atomic E-state index is -0.264. The van der Waals surface area contributed by atoms with Gasteiger partial charge in [-0.25, -0.2) is 4.68 Å². The molecule has 0 unspecified atom stereocenters. The number of H-pyrrole nitrogens is 1. The van der Waals surface area contributed by atoms with Crippen molar-refractivity contribution in [1.29, 1.82) is 0 Å². The summed E-state index contributed by atoms with van der Waals surface area (Å²) in [6.07, 6.45) is 8.60. The highest BCUT2D eigenvalue weighted by atomic mass is 16.1. The molecule has 0 saturated carbocycles. The Bertz CT molecular complexity index is 720. The molecule has 0 fully saturated rings. The first-order valence-electron chi connectivity index (χ1n) is 8.91. The zero-order chi connectivity index (χ0) is 16.4. The highest BCUT2D eigenvalue weighted by molar-refractivity contribution is 5.82. The fourth-order valence-corrected chi connectivity index (χ4v) is 3.77. The normalized spacial score (nSPS) is 20.6. The van der Waals surface area contributed by atoms with Crippen LogP contribution in [0.25, 0.3) is 0 Å². The zero-order valence-electron chi connectivity index (χ0n) is 13.8. The minimum Gasteiger partial charge on any atom is -0.350 e. The van der Waals surface area contributed by atoms with Crippen LogP contribution in [0, 0.1) is 0 Å². The van der Waals surface area contributed by atoms with Gasteiger partial charge in [-0.05, 0) is 54.5 Å². The van der Waals surface area contributed by atoms with Crippen LogP contribution in [0.4, 0.5) is 0 Å². The lowest BCUT2D eigenvalue weighted by molar-refractivity contribution is -0.123. The van der Waals surface area contributed by atoms with Crippen molar-refractivity contribution in [2.75, 3.05) is 0 Å². The molecule has 1 aliphatic heterocycles. The number of hydrogen-bond acceptors (Lipinski definition) is 5. The molecule has 0 bridgehead atoms. The number of nitrogens with zero attached hydrogens (tertiary/aromatic N) is 5. The number of rotatable bonds is 3. The Morgan fingerprint density at radius 1 is 1.21 bits per heavy atom. The summed E-state index contributed by atoms with van der Waals surface area (Å²) in [6, 6.07) is 0. The molecule has 0 radical (unpaired) electrons. The van der Waals surface area contributed by atoms with Crippen LogP contribution in [0.3, 0.4) is 0 Å². The molecule has 2 aliphatic rings. The third kappa shape index (κ3) is 2.92. The molecule has 2 aromatic heterocycles. The third-order valence-corrected chi connectivity index (χ3v) is 5.12. The quantitative estimate of drug-likeness (QED) is 0.825. The van der Waals surface area contributed by atoms with Gasteiger partial charge in [-0.2, -0.15) is 5.10 Å². The molecule has 1 aliphatic carbocycles. The maximum Gasteiger partial charge on any atom is 0.231 e. The monoisotopic (exact) mass is 329 g/mol. The van der Waals surface area contributed by atoms with E-state index < -0.39 is 0 Å². The number of aromatic amines is 1. The van der Waals surface area contributed by atoms with Crippen LogP contribution in [0.2, 0.25) is 0 Å². The van der Waals surface area contributed by atoms with Gasteiger partial charge in [-0.3, -0.25) is 9.89 Å². The predicted octanol–water partition coefficient (Wildman–Crippen LogP) is 1.25. The molecule has 3 heterocycles. The first-order chi connectivity index (χ1) is 11.8. The van der Waals surface area contributed by atoms with Crippen molar-refractivity contribution in [2.45, 2.75) is 70.4 Å². The van der Waals surface area contributed by atoms with Crippen LogP contribution in [-0.4, -0.2) is 36.3 Å². The molecule has 24 heavy (non-hydrogen) atoms. The summed E-state index contributed by atoms with van der Waals surface area (Å²) >= 11 is 0. The smallest absolute Gasteiger partial charge is 0.231 e.